The van der Waals surface area contributed by atoms with Gasteiger partial charge in [-0.15, -0.1) is 0 Å². The molecule has 1 saturated heterocycles. The van der Waals surface area contributed by atoms with E-state index in [-0.39, 0.29) is 5.41 Å². The summed E-state index contributed by atoms with van der Waals surface area (Å²) < 4.78 is 5.45. The quantitative estimate of drug-likeness (QED) is 0.760. The van der Waals surface area contributed by atoms with Gasteiger partial charge >= 0.3 is 0 Å². The lowest BCUT2D eigenvalue weighted by Crippen LogP contribution is -2.35. The molecular formula is C11H16N2O. The van der Waals surface area contributed by atoms with Crippen LogP contribution in [-0.4, -0.2) is 24.7 Å². The van der Waals surface area contributed by atoms with Crippen molar-refractivity contribution in [2.45, 2.75) is 18.8 Å². The number of pyridine rings is 1. The highest BCUT2D eigenvalue weighted by atomic mass is 16.5. The second-order valence-corrected chi connectivity index (χ2v) is 3.97. The van der Waals surface area contributed by atoms with Crippen molar-refractivity contribution in [3.8, 4) is 0 Å². The Morgan fingerprint density at radius 1 is 1.64 bits per heavy atom. The van der Waals surface area contributed by atoms with Crippen LogP contribution in [0.4, 0.5) is 0 Å². The van der Waals surface area contributed by atoms with Crippen LogP contribution in [0, 0.1) is 6.92 Å². The number of hydrogen-bond acceptors (Lipinski definition) is 3. The van der Waals surface area contributed by atoms with E-state index in [4.69, 9.17) is 10.5 Å². The Balaban J connectivity index is 2.35. The molecule has 2 N–H and O–H groups in total. The first-order valence-corrected chi connectivity index (χ1v) is 4.98. The fourth-order valence-electron chi connectivity index (χ4n) is 1.99. The highest BCUT2D eigenvalue weighted by Gasteiger charge is 2.35. The summed E-state index contributed by atoms with van der Waals surface area (Å²) in [6, 6.07) is 4.16. The zero-order chi connectivity index (χ0) is 10.0. The fraction of sp³-hybridized carbons (Fsp3) is 0.545. The van der Waals surface area contributed by atoms with E-state index in [1.54, 1.807) is 0 Å². The standard InChI is InChI=1S/C11H16N2O/c1-9-6-10(2-4-13-9)11(7-12)3-5-14-8-11/h2,4,6H,3,5,7-8,12H2,1H3. The van der Waals surface area contributed by atoms with Gasteiger partial charge in [0.2, 0.25) is 0 Å². The third-order valence-corrected chi connectivity index (χ3v) is 3.00. The first-order chi connectivity index (χ1) is 6.77. The van der Waals surface area contributed by atoms with Crippen molar-refractivity contribution in [1.29, 1.82) is 0 Å². The Kier molecular flexibility index (Phi) is 2.52. The lowest BCUT2D eigenvalue weighted by Gasteiger charge is -2.26. The van der Waals surface area contributed by atoms with Gasteiger partial charge in [0.25, 0.3) is 0 Å². The van der Waals surface area contributed by atoms with E-state index in [0.29, 0.717) is 6.54 Å². The molecular weight excluding hydrogens is 176 g/mol. The molecule has 3 heteroatoms. The molecule has 1 aromatic rings. The fourth-order valence-corrected chi connectivity index (χ4v) is 1.99. The van der Waals surface area contributed by atoms with E-state index in [1.807, 2.05) is 13.1 Å². The van der Waals surface area contributed by atoms with Crippen LogP contribution in [0.2, 0.25) is 0 Å². The van der Waals surface area contributed by atoms with Gasteiger partial charge in [0.1, 0.15) is 0 Å². The number of nitrogens with two attached hydrogens (primary N) is 1. The second-order valence-electron chi connectivity index (χ2n) is 3.97. The SMILES string of the molecule is Cc1cc(C2(CN)CCOC2)ccn1. The Morgan fingerprint density at radius 3 is 3.07 bits per heavy atom. The Hall–Kier alpha value is -0.930. The van der Waals surface area contributed by atoms with Gasteiger partial charge in [0.05, 0.1) is 6.61 Å². The molecule has 1 atom stereocenters. The largest absolute Gasteiger partial charge is 0.380 e. The topological polar surface area (TPSA) is 48.1 Å². The maximum absolute atomic E-state index is 5.85. The van der Waals surface area contributed by atoms with Crippen molar-refractivity contribution in [3.63, 3.8) is 0 Å². The van der Waals surface area contributed by atoms with Crippen LogP contribution in [0.5, 0.6) is 0 Å². The molecule has 1 aliphatic rings. The van der Waals surface area contributed by atoms with E-state index in [1.165, 1.54) is 5.56 Å². The van der Waals surface area contributed by atoms with E-state index in [9.17, 15) is 0 Å². The number of aryl methyl sites for hydroxylation is 1. The van der Waals surface area contributed by atoms with Gasteiger partial charge in [-0.25, -0.2) is 0 Å². The smallest absolute Gasteiger partial charge is 0.0576 e. The predicted molar refractivity (Wildman–Crippen MR) is 55.1 cm³/mol. The number of hydrogen-bond donors (Lipinski definition) is 1. The molecule has 1 fully saturated rings. The third-order valence-electron chi connectivity index (χ3n) is 3.00. The summed E-state index contributed by atoms with van der Waals surface area (Å²) in [6.45, 7) is 4.21. The summed E-state index contributed by atoms with van der Waals surface area (Å²) >= 11 is 0. The number of aromatic nitrogens is 1. The van der Waals surface area contributed by atoms with Crippen molar-refractivity contribution >= 4 is 0 Å². The minimum atomic E-state index is 0.0354. The molecule has 0 aliphatic carbocycles. The number of rotatable bonds is 2. The Labute approximate surface area is 84.3 Å². The predicted octanol–water partition coefficient (Wildman–Crippen LogP) is 1.01. The highest BCUT2D eigenvalue weighted by Crippen LogP contribution is 2.31. The van der Waals surface area contributed by atoms with Crippen LogP contribution in [0.15, 0.2) is 18.3 Å². The summed E-state index contributed by atoms with van der Waals surface area (Å²) in [5.74, 6) is 0. The summed E-state index contributed by atoms with van der Waals surface area (Å²) in [5.41, 5.74) is 8.20. The molecule has 1 unspecified atom stereocenters. The maximum atomic E-state index is 5.85. The average Bonchev–Trinajstić information content (AvgIpc) is 2.67. The highest BCUT2D eigenvalue weighted by molar-refractivity contribution is 5.27. The van der Waals surface area contributed by atoms with Crippen molar-refractivity contribution in [2.24, 2.45) is 5.73 Å². The molecule has 0 amide bonds. The summed E-state index contributed by atoms with van der Waals surface area (Å²) in [5, 5.41) is 0. The van der Waals surface area contributed by atoms with Gasteiger partial charge in [-0.1, -0.05) is 0 Å². The molecule has 1 aliphatic heterocycles. The second kappa shape index (κ2) is 3.67. The Morgan fingerprint density at radius 2 is 2.50 bits per heavy atom. The normalized spacial score (nSPS) is 26.7. The number of nitrogens with zero attached hydrogens (tertiary/aromatic N) is 1. The first kappa shape index (κ1) is 9.62. The minimum absolute atomic E-state index is 0.0354. The number of ether oxygens (including phenoxy) is 1. The van der Waals surface area contributed by atoms with Crippen molar-refractivity contribution in [2.75, 3.05) is 19.8 Å². The van der Waals surface area contributed by atoms with Crippen molar-refractivity contribution in [3.05, 3.63) is 29.6 Å². The molecule has 2 rings (SSSR count). The summed E-state index contributed by atoms with van der Waals surface area (Å²) in [7, 11) is 0. The average molecular weight is 192 g/mol. The summed E-state index contributed by atoms with van der Waals surface area (Å²) in [4.78, 5) is 4.20. The van der Waals surface area contributed by atoms with Gasteiger partial charge in [0, 0.05) is 30.5 Å². The van der Waals surface area contributed by atoms with Crippen LogP contribution in [0.1, 0.15) is 17.7 Å². The lowest BCUT2D eigenvalue weighted by molar-refractivity contribution is 0.178. The van der Waals surface area contributed by atoms with Gasteiger partial charge in [-0.2, -0.15) is 0 Å². The van der Waals surface area contributed by atoms with Crippen molar-refractivity contribution in [1.82, 2.24) is 4.98 Å². The van der Waals surface area contributed by atoms with Gasteiger partial charge in [-0.3, -0.25) is 4.98 Å². The summed E-state index contributed by atoms with van der Waals surface area (Å²) in [6.07, 6.45) is 2.87. The molecule has 0 bridgehead atoms. The van der Waals surface area contributed by atoms with Crippen molar-refractivity contribution < 1.29 is 4.74 Å². The molecule has 0 spiro atoms. The van der Waals surface area contributed by atoms with Gasteiger partial charge in [0.15, 0.2) is 0 Å². The molecule has 14 heavy (non-hydrogen) atoms. The zero-order valence-corrected chi connectivity index (χ0v) is 8.49. The van der Waals surface area contributed by atoms with E-state index < -0.39 is 0 Å². The van der Waals surface area contributed by atoms with Gasteiger partial charge < -0.3 is 10.5 Å². The van der Waals surface area contributed by atoms with Crippen LogP contribution in [0.25, 0.3) is 0 Å². The monoisotopic (exact) mass is 192 g/mol. The minimum Gasteiger partial charge on any atom is -0.380 e. The van der Waals surface area contributed by atoms with E-state index in [0.717, 1.165) is 25.3 Å². The van der Waals surface area contributed by atoms with Crippen LogP contribution in [0.3, 0.4) is 0 Å². The molecule has 0 saturated carbocycles. The molecule has 2 heterocycles. The van der Waals surface area contributed by atoms with E-state index in [2.05, 4.69) is 17.1 Å². The third kappa shape index (κ3) is 1.53. The molecule has 76 valence electrons. The lowest BCUT2D eigenvalue weighted by atomic mass is 9.80. The van der Waals surface area contributed by atoms with Gasteiger partial charge in [-0.05, 0) is 31.0 Å². The van der Waals surface area contributed by atoms with E-state index >= 15 is 0 Å². The first-order valence-electron chi connectivity index (χ1n) is 4.98. The van der Waals surface area contributed by atoms with Crippen LogP contribution in [-0.2, 0) is 10.2 Å². The van der Waals surface area contributed by atoms with Crippen LogP contribution >= 0.6 is 0 Å². The Bertz CT molecular complexity index is 319. The maximum Gasteiger partial charge on any atom is 0.0576 e. The molecule has 3 nitrogen and oxygen atoms in total. The molecule has 0 radical (unpaired) electrons. The zero-order valence-electron chi connectivity index (χ0n) is 8.49. The molecule has 0 aromatic carbocycles. The van der Waals surface area contributed by atoms with Crippen LogP contribution < -0.4 is 5.73 Å². The molecule has 1 aromatic heterocycles.